The van der Waals surface area contributed by atoms with Crippen molar-refractivity contribution in [3.8, 4) is 22.9 Å². The van der Waals surface area contributed by atoms with Crippen LogP contribution in [0.15, 0.2) is 54.7 Å². The van der Waals surface area contributed by atoms with Gasteiger partial charge in [-0.05, 0) is 36.5 Å². The second kappa shape index (κ2) is 9.95. The van der Waals surface area contributed by atoms with Crippen molar-refractivity contribution in [3.05, 3.63) is 65.2 Å². The Morgan fingerprint density at radius 2 is 1.80 bits per heavy atom. The number of nitrogens with one attached hydrogen (secondary N) is 2. The number of aromatic amines is 1. The number of benzene rings is 2. The van der Waals surface area contributed by atoms with E-state index in [1.54, 1.807) is 22.8 Å². The van der Waals surface area contributed by atoms with Gasteiger partial charge in [0.05, 0.1) is 14.2 Å². The van der Waals surface area contributed by atoms with Crippen molar-refractivity contribution in [3.63, 3.8) is 0 Å². The van der Waals surface area contributed by atoms with Crippen molar-refractivity contribution in [2.24, 2.45) is 0 Å². The number of rotatable bonds is 9. The number of hydrogen-bond donors (Lipinski definition) is 3. The highest BCUT2D eigenvalue weighted by Crippen LogP contribution is 2.36. The molecule has 0 saturated heterocycles. The number of imidazole rings is 1. The molecule has 9 heteroatoms. The number of aliphatic hydroxyl groups is 1. The average Bonchev–Trinajstić information content (AvgIpc) is 3.17. The minimum absolute atomic E-state index is 0.0109. The topological polar surface area (TPSA) is 97.7 Å². The lowest BCUT2D eigenvalue weighted by atomic mass is 10.3. The molecule has 1 atom stereocenters. The van der Waals surface area contributed by atoms with E-state index < -0.39 is 6.10 Å². The zero-order valence-electron chi connectivity index (χ0n) is 16.6. The Balaban J connectivity index is 1.62. The van der Waals surface area contributed by atoms with Crippen LogP contribution in [-0.4, -0.2) is 54.0 Å². The summed E-state index contributed by atoms with van der Waals surface area (Å²) in [5.74, 6) is 0.982. The first-order chi connectivity index (χ1) is 14.5. The molecule has 0 fully saturated rings. The Morgan fingerprint density at radius 1 is 1.13 bits per heavy atom. The quantitative estimate of drug-likeness (QED) is 0.453. The molecule has 30 heavy (non-hydrogen) atoms. The Bertz CT molecular complexity index is 1030. The van der Waals surface area contributed by atoms with Gasteiger partial charge in [-0.3, -0.25) is 9.36 Å². The zero-order valence-corrected chi connectivity index (χ0v) is 17.4. The van der Waals surface area contributed by atoms with Gasteiger partial charge in [-0.15, -0.1) is 0 Å². The van der Waals surface area contributed by atoms with Gasteiger partial charge in [-0.2, -0.15) is 0 Å². The molecular formula is C21H23N3O5S. The van der Waals surface area contributed by atoms with E-state index in [0.29, 0.717) is 27.7 Å². The van der Waals surface area contributed by atoms with Crippen molar-refractivity contribution in [1.82, 2.24) is 14.9 Å². The van der Waals surface area contributed by atoms with Crippen LogP contribution in [0.25, 0.3) is 5.69 Å². The van der Waals surface area contributed by atoms with Crippen molar-refractivity contribution in [1.29, 1.82) is 0 Å². The smallest absolute Gasteiger partial charge is 0.269 e. The second-order valence-corrected chi connectivity index (χ2v) is 6.70. The van der Waals surface area contributed by atoms with Gasteiger partial charge in [-0.1, -0.05) is 24.3 Å². The average molecular weight is 429 g/mol. The number of hydrogen-bond acceptors (Lipinski definition) is 6. The molecule has 8 nitrogen and oxygen atoms in total. The van der Waals surface area contributed by atoms with Crippen molar-refractivity contribution in [2.75, 3.05) is 27.4 Å². The molecule has 0 aliphatic rings. The van der Waals surface area contributed by atoms with Gasteiger partial charge in [0.2, 0.25) is 5.75 Å². The van der Waals surface area contributed by atoms with Crippen LogP contribution in [0.5, 0.6) is 17.2 Å². The van der Waals surface area contributed by atoms with Gasteiger partial charge in [0.25, 0.3) is 5.91 Å². The van der Waals surface area contributed by atoms with Crippen LogP contribution in [-0.2, 0) is 0 Å². The van der Waals surface area contributed by atoms with Crippen LogP contribution in [0.4, 0.5) is 0 Å². The van der Waals surface area contributed by atoms with Gasteiger partial charge < -0.3 is 29.6 Å². The van der Waals surface area contributed by atoms with Gasteiger partial charge in [0.15, 0.2) is 16.3 Å². The summed E-state index contributed by atoms with van der Waals surface area (Å²) < 4.78 is 18.2. The van der Waals surface area contributed by atoms with Crippen molar-refractivity contribution < 1.29 is 24.1 Å². The first kappa shape index (κ1) is 21.4. The number of aromatic nitrogens is 2. The number of aliphatic hydroxyl groups excluding tert-OH is 1. The highest BCUT2D eigenvalue weighted by molar-refractivity contribution is 7.71. The molecule has 3 N–H and O–H groups in total. The number of H-pyrrole nitrogens is 1. The maximum atomic E-state index is 12.6. The number of para-hydroxylation sites is 2. The number of methoxy groups -OCH3 is 2. The fourth-order valence-electron chi connectivity index (χ4n) is 2.87. The van der Waals surface area contributed by atoms with Crippen molar-refractivity contribution >= 4 is 18.1 Å². The second-order valence-electron chi connectivity index (χ2n) is 6.32. The fraction of sp³-hybridized carbons (Fsp3) is 0.238. The summed E-state index contributed by atoms with van der Waals surface area (Å²) in [6.45, 7) is -0.0713. The number of nitrogens with zero attached hydrogens (tertiary/aromatic N) is 1. The summed E-state index contributed by atoms with van der Waals surface area (Å²) in [5.41, 5.74) is 1.10. The third kappa shape index (κ3) is 4.81. The summed E-state index contributed by atoms with van der Waals surface area (Å²) in [6, 6.07) is 14.5. The Kier molecular flexibility index (Phi) is 7.10. The van der Waals surface area contributed by atoms with E-state index in [0.717, 1.165) is 5.69 Å². The summed E-state index contributed by atoms with van der Waals surface area (Å²) in [6.07, 6.45) is 0.586. The molecule has 1 heterocycles. The molecule has 0 saturated carbocycles. The Hall–Kier alpha value is -3.30. The standard InChI is InChI=1S/C21H23N3O5S/c1-27-17-9-6-10-18(28-2)19(17)29-13-15(25)11-22-20(26)16-12-23-21(30)24(16)14-7-4-3-5-8-14/h3-10,12,15,25H,11,13H2,1-2H3,(H,22,26)(H,23,30). The molecule has 0 aliphatic carbocycles. The van der Waals surface area contributed by atoms with Crippen LogP contribution in [0, 0.1) is 4.77 Å². The largest absolute Gasteiger partial charge is 0.493 e. The minimum Gasteiger partial charge on any atom is -0.493 e. The molecule has 3 rings (SSSR count). The number of amides is 1. The van der Waals surface area contributed by atoms with E-state index in [-0.39, 0.29) is 19.1 Å². The molecule has 1 aromatic heterocycles. The third-order valence-electron chi connectivity index (χ3n) is 4.32. The molecule has 158 valence electrons. The van der Waals surface area contributed by atoms with E-state index in [4.69, 9.17) is 26.4 Å². The van der Waals surface area contributed by atoms with Gasteiger partial charge in [0, 0.05) is 18.4 Å². The molecule has 0 bridgehead atoms. The summed E-state index contributed by atoms with van der Waals surface area (Å²) in [5, 5.41) is 13.0. The maximum Gasteiger partial charge on any atom is 0.269 e. The Labute approximate surface area is 179 Å². The van der Waals surface area contributed by atoms with E-state index >= 15 is 0 Å². The normalized spacial score (nSPS) is 11.6. The maximum absolute atomic E-state index is 12.6. The molecular weight excluding hydrogens is 406 g/mol. The van der Waals surface area contributed by atoms with Gasteiger partial charge in [-0.25, -0.2) is 0 Å². The highest BCUT2D eigenvalue weighted by atomic mass is 32.1. The van der Waals surface area contributed by atoms with E-state index in [1.165, 1.54) is 20.4 Å². The predicted molar refractivity (Wildman–Crippen MR) is 114 cm³/mol. The van der Waals surface area contributed by atoms with Crippen LogP contribution < -0.4 is 19.5 Å². The lowest BCUT2D eigenvalue weighted by Gasteiger charge is -2.17. The fourth-order valence-corrected chi connectivity index (χ4v) is 3.13. The molecule has 0 radical (unpaired) electrons. The molecule has 2 aromatic carbocycles. The van der Waals surface area contributed by atoms with Crippen LogP contribution in [0.2, 0.25) is 0 Å². The van der Waals surface area contributed by atoms with Crippen LogP contribution >= 0.6 is 12.2 Å². The summed E-state index contributed by atoms with van der Waals surface area (Å²) in [7, 11) is 3.04. The third-order valence-corrected chi connectivity index (χ3v) is 4.62. The number of carbonyl (C=O) groups is 1. The lowest BCUT2D eigenvalue weighted by molar-refractivity contribution is 0.0828. The predicted octanol–water partition coefficient (Wildman–Crippen LogP) is 2.72. The number of ether oxygens (including phenoxy) is 3. The summed E-state index contributed by atoms with van der Waals surface area (Å²) >= 11 is 5.29. The van der Waals surface area contributed by atoms with Crippen molar-refractivity contribution in [2.45, 2.75) is 6.10 Å². The highest BCUT2D eigenvalue weighted by Gasteiger charge is 2.17. The number of carbonyl (C=O) groups excluding carboxylic acids is 1. The van der Waals surface area contributed by atoms with Crippen LogP contribution in [0.3, 0.4) is 0 Å². The lowest BCUT2D eigenvalue weighted by Crippen LogP contribution is -2.36. The van der Waals surface area contributed by atoms with E-state index in [9.17, 15) is 9.90 Å². The minimum atomic E-state index is -0.948. The molecule has 3 aromatic rings. The van der Waals surface area contributed by atoms with Gasteiger partial charge >= 0.3 is 0 Å². The first-order valence-electron chi connectivity index (χ1n) is 9.21. The molecule has 1 unspecified atom stereocenters. The van der Waals surface area contributed by atoms with E-state index in [2.05, 4.69) is 10.3 Å². The first-order valence-corrected chi connectivity index (χ1v) is 9.62. The van der Waals surface area contributed by atoms with Gasteiger partial charge in [0.1, 0.15) is 18.4 Å². The molecule has 0 spiro atoms. The monoisotopic (exact) mass is 429 g/mol. The Morgan fingerprint density at radius 3 is 2.43 bits per heavy atom. The summed E-state index contributed by atoms with van der Waals surface area (Å²) in [4.78, 5) is 15.5. The van der Waals surface area contributed by atoms with Crippen LogP contribution in [0.1, 0.15) is 10.5 Å². The molecule has 1 amide bonds. The van der Waals surface area contributed by atoms with E-state index in [1.807, 2.05) is 30.3 Å². The molecule has 0 aliphatic heterocycles. The SMILES string of the molecule is COc1cccc(OC)c1OCC(O)CNC(=O)c1c[nH]c(=S)n1-c1ccccc1. The zero-order chi connectivity index (χ0) is 21.5.